The number of ether oxygens (including phenoxy) is 1. The minimum atomic E-state index is -0.150. The van der Waals surface area contributed by atoms with Gasteiger partial charge in [-0.1, -0.05) is 12.1 Å². The van der Waals surface area contributed by atoms with Gasteiger partial charge in [-0.25, -0.2) is 0 Å². The molecule has 126 valence electrons. The van der Waals surface area contributed by atoms with Crippen LogP contribution in [-0.4, -0.2) is 29.3 Å². The first kappa shape index (κ1) is 16.3. The number of carbonyl (C=O) groups excluding carboxylic acids is 1. The number of aromatic hydroxyl groups is 1. The Kier molecular flexibility index (Phi) is 4.62. The highest BCUT2D eigenvalue weighted by Crippen LogP contribution is 2.44. The third-order valence-corrected chi connectivity index (χ3v) is 4.98. The summed E-state index contributed by atoms with van der Waals surface area (Å²) in [6, 6.07) is 7.53. The summed E-state index contributed by atoms with van der Waals surface area (Å²) in [6.07, 6.45) is 4.69. The van der Waals surface area contributed by atoms with E-state index in [0.717, 1.165) is 18.4 Å². The van der Waals surface area contributed by atoms with E-state index < -0.39 is 0 Å². The Bertz CT molecular complexity index is 548. The molecule has 0 aromatic heterocycles. The van der Waals surface area contributed by atoms with Crippen molar-refractivity contribution in [3.05, 3.63) is 29.8 Å². The van der Waals surface area contributed by atoms with Gasteiger partial charge in [-0.3, -0.25) is 4.79 Å². The predicted octanol–water partition coefficient (Wildman–Crippen LogP) is 3.35. The number of carbonyl (C=O) groups is 1. The number of benzene rings is 1. The van der Waals surface area contributed by atoms with E-state index in [9.17, 15) is 9.90 Å². The van der Waals surface area contributed by atoms with Crippen molar-refractivity contribution in [1.29, 1.82) is 0 Å². The van der Waals surface area contributed by atoms with Gasteiger partial charge < -0.3 is 15.2 Å². The lowest BCUT2D eigenvalue weighted by atomic mass is 9.89. The molecule has 3 rings (SSSR count). The maximum Gasteiger partial charge on any atom is 0.220 e. The molecule has 2 atom stereocenters. The molecule has 0 bridgehead atoms. The number of nitrogens with one attached hydrogen (secondary N) is 1. The van der Waals surface area contributed by atoms with Gasteiger partial charge in [-0.15, -0.1) is 0 Å². The van der Waals surface area contributed by atoms with Crippen LogP contribution in [0.4, 0.5) is 0 Å². The number of amides is 1. The number of hydrogen-bond donors (Lipinski definition) is 2. The van der Waals surface area contributed by atoms with Gasteiger partial charge in [0.25, 0.3) is 0 Å². The molecule has 4 nitrogen and oxygen atoms in total. The molecule has 1 aromatic rings. The molecule has 1 saturated heterocycles. The molecular weight excluding hydrogens is 290 g/mol. The van der Waals surface area contributed by atoms with E-state index >= 15 is 0 Å². The molecular formula is C19H27NO3. The maximum absolute atomic E-state index is 12.5. The normalized spacial score (nSPS) is 24.9. The first-order valence-corrected chi connectivity index (χ1v) is 8.65. The van der Waals surface area contributed by atoms with Crippen LogP contribution in [0.3, 0.4) is 0 Å². The van der Waals surface area contributed by atoms with Crippen LogP contribution < -0.4 is 5.32 Å². The van der Waals surface area contributed by atoms with Crippen LogP contribution in [0.25, 0.3) is 0 Å². The lowest BCUT2D eigenvalue weighted by Crippen LogP contribution is -2.46. The van der Waals surface area contributed by atoms with E-state index in [1.165, 1.54) is 12.8 Å². The Labute approximate surface area is 138 Å². The SMILES string of the molecule is CC1(C)C[C@@H](NC(=O)C[C@H](c2ccc(O)cc2)C2CC2)CCO1. The molecule has 0 radical (unpaired) electrons. The van der Waals surface area contributed by atoms with Crippen molar-refractivity contribution in [2.45, 2.75) is 63.5 Å². The molecule has 4 heteroatoms. The van der Waals surface area contributed by atoms with Crippen LogP contribution in [0.2, 0.25) is 0 Å². The zero-order chi connectivity index (χ0) is 16.4. The largest absolute Gasteiger partial charge is 0.508 e. The average Bonchev–Trinajstić information content (AvgIpc) is 3.29. The first-order valence-electron chi connectivity index (χ1n) is 8.65. The second kappa shape index (κ2) is 6.52. The van der Waals surface area contributed by atoms with Crippen LogP contribution in [0.1, 0.15) is 57.4 Å². The molecule has 1 heterocycles. The highest BCUT2D eigenvalue weighted by Gasteiger charge is 2.35. The lowest BCUT2D eigenvalue weighted by molar-refractivity contribution is -0.124. The van der Waals surface area contributed by atoms with Crippen LogP contribution in [0, 0.1) is 5.92 Å². The third kappa shape index (κ3) is 4.47. The van der Waals surface area contributed by atoms with Crippen molar-refractivity contribution >= 4 is 5.91 Å². The molecule has 1 aromatic carbocycles. The Hall–Kier alpha value is -1.55. The van der Waals surface area contributed by atoms with E-state index in [0.29, 0.717) is 18.9 Å². The molecule has 0 spiro atoms. The molecule has 0 unspecified atom stereocenters. The van der Waals surface area contributed by atoms with Gasteiger partial charge in [0.1, 0.15) is 5.75 Å². The van der Waals surface area contributed by atoms with Crippen LogP contribution in [-0.2, 0) is 9.53 Å². The van der Waals surface area contributed by atoms with E-state index in [1.54, 1.807) is 12.1 Å². The molecule has 1 saturated carbocycles. The fourth-order valence-corrected chi connectivity index (χ4v) is 3.62. The molecule has 2 aliphatic rings. The van der Waals surface area contributed by atoms with Gasteiger partial charge in [0.15, 0.2) is 0 Å². The topological polar surface area (TPSA) is 58.6 Å². The summed E-state index contributed by atoms with van der Waals surface area (Å²) >= 11 is 0. The van der Waals surface area contributed by atoms with Crippen molar-refractivity contribution in [2.75, 3.05) is 6.61 Å². The number of phenolic OH excluding ortho intramolecular Hbond substituents is 1. The minimum Gasteiger partial charge on any atom is -0.508 e. The van der Waals surface area contributed by atoms with Gasteiger partial charge >= 0.3 is 0 Å². The summed E-state index contributed by atoms with van der Waals surface area (Å²) in [5.74, 6) is 1.29. The van der Waals surface area contributed by atoms with E-state index in [2.05, 4.69) is 19.2 Å². The third-order valence-electron chi connectivity index (χ3n) is 4.98. The quantitative estimate of drug-likeness (QED) is 0.875. The number of phenols is 1. The monoisotopic (exact) mass is 317 g/mol. The predicted molar refractivity (Wildman–Crippen MR) is 89.4 cm³/mol. The molecule has 2 fully saturated rings. The summed E-state index contributed by atoms with van der Waals surface area (Å²) in [5.41, 5.74) is 1.01. The Morgan fingerprint density at radius 2 is 2.00 bits per heavy atom. The maximum atomic E-state index is 12.5. The van der Waals surface area contributed by atoms with E-state index in [1.807, 2.05) is 12.1 Å². The standard InChI is InChI=1S/C19H27NO3/c1-19(2)12-15(9-10-23-19)20-18(22)11-17(13-3-4-13)14-5-7-16(21)8-6-14/h5-8,13,15,17,21H,3-4,9-12H2,1-2H3,(H,20,22)/t15-,17-/m0/s1. The van der Waals surface area contributed by atoms with Gasteiger partial charge in [0.2, 0.25) is 5.91 Å². The number of rotatable bonds is 5. The van der Waals surface area contributed by atoms with Gasteiger partial charge in [0.05, 0.1) is 5.60 Å². The molecule has 2 N–H and O–H groups in total. The smallest absolute Gasteiger partial charge is 0.220 e. The average molecular weight is 317 g/mol. The second-order valence-electron chi connectivity index (χ2n) is 7.60. The van der Waals surface area contributed by atoms with Crippen molar-refractivity contribution in [2.24, 2.45) is 5.92 Å². The van der Waals surface area contributed by atoms with Crippen LogP contribution in [0.15, 0.2) is 24.3 Å². The second-order valence-corrected chi connectivity index (χ2v) is 7.60. The number of hydrogen-bond acceptors (Lipinski definition) is 3. The fourth-order valence-electron chi connectivity index (χ4n) is 3.62. The van der Waals surface area contributed by atoms with Crippen molar-refractivity contribution in [3.63, 3.8) is 0 Å². The molecule has 1 aliphatic carbocycles. The summed E-state index contributed by atoms with van der Waals surface area (Å²) in [4.78, 5) is 12.5. The fraction of sp³-hybridized carbons (Fsp3) is 0.632. The van der Waals surface area contributed by atoms with Crippen molar-refractivity contribution < 1.29 is 14.6 Å². The Morgan fingerprint density at radius 1 is 1.30 bits per heavy atom. The van der Waals surface area contributed by atoms with Gasteiger partial charge in [-0.2, -0.15) is 0 Å². The van der Waals surface area contributed by atoms with Crippen molar-refractivity contribution in [3.8, 4) is 5.75 Å². The summed E-state index contributed by atoms with van der Waals surface area (Å²) in [7, 11) is 0. The lowest BCUT2D eigenvalue weighted by Gasteiger charge is -2.36. The molecule has 1 aliphatic heterocycles. The van der Waals surface area contributed by atoms with Crippen LogP contribution >= 0.6 is 0 Å². The summed E-state index contributed by atoms with van der Waals surface area (Å²) < 4.78 is 5.71. The molecule has 23 heavy (non-hydrogen) atoms. The zero-order valence-corrected chi connectivity index (χ0v) is 14.0. The minimum absolute atomic E-state index is 0.137. The van der Waals surface area contributed by atoms with Crippen molar-refractivity contribution in [1.82, 2.24) is 5.32 Å². The Morgan fingerprint density at radius 3 is 2.61 bits per heavy atom. The first-order chi connectivity index (χ1) is 10.9. The summed E-state index contributed by atoms with van der Waals surface area (Å²) in [6.45, 7) is 4.87. The Balaban J connectivity index is 1.59. The zero-order valence-electron chi connectivity index (χ0n) is 14.0. The molecule has 1 amide bonds. The van der Waals surface area contributed by atoms with Gasteiger partial charge in [-0.05, 0) is 69.1 Å². The van der Waals surface area contributed by atoms with Gasteiger partial charge in [0, 0.05) is 19.1 Å². The highest BCUT2D eigenvalue weighted by atomic mass is 16.5. The van der Waals surface area contributed by atoms with E-state index in [4.69, 9.17) is 4.74 Å². The van der Waals surface area contributed by atoms with E-state index in [-0.39, 0.29) is 29.2 Å². The highest BCUT2D eigenvalue weighted by molar-refractivity contribution is 5.77. The van der Waals surface area contributed by atoms with Crippen LogP contribution in [0.5, 0.6) is 5.75 Å². The summed E-state index contributed by atoms with van der Waals surface area (Å²) in [5, 5.41) is 12.6.